The molecule has 0 spiro atoms. The third-order valence-corrected chi connectivity index (χ3v) is 2.88. The van der Waals surface area contributed by atoms with Gasteiger partial charge in [0.2, 0.25) is 0 Å². The van der Waals surface area contributed by atoms with E-state index in [4.69, 9.17) is 15.2 Å². The fraction of sp³-hybridized carbons (Fsp3) is 0.500. The van der Waals surface area contributed by atoms with Crippen molar-refractivity contribution < 1.29 is 9.47 Å². The maximum Gasteiger partial charge on any atom is 0.166 e. The second-order valence-corrected chi connectivity index (χ2v) is 4.07. The lowest BCUT2D eigenvalue weighted by molar-refractivity contribution is -0.155. The van der Waals surface area contributed by atoms with E-state index in [0.717, 1.165) is 17.7 Å². The number of nitrogen functional groups attached to an aromatic ring is 1. The van der Waals surface area contributed by atoms with Crippen molar-refractivity contribution in [2.45, 2.75) is 32.2 Å². The van der Waals surface area contributed by atoms with Crippen molar-refractivity contribution in [2.24, 2.45) is 0 Å². The Bertz CT molecular complexity index is 336. The fourth-order valence-corrected chi connectivity index (χ4v) is 1.68. The molecular weight excluding hydrogens is 190 g/mol. The van der Waals surface area contributed by atoms with Crippen LogP contribution in [0.4, 0.5) is 5.69 Å². The average molecular weight is 207 g/mol. The molecule has 1 aliphatic heterocycles. The highest BCUT2D eigenvalue weighted by molar-refractivity contribution is 5.40. The predicted octanol–water partition coefficient (Wildman–Crippen LogP) is 2.48. The van der Waals surface area contributed by atoms with Crippen LogP contribution in [0.15, 0.2) is 24.3 Å². The zero-order chi connectivity index (χ0) is 10.9. The highest BCUT2D eigenvalue weighted by atomic mass is 16.7. The molecule has 82 valence electrons. The molecule has 15 heavy (non-hydrogen) atoms. The summed E-state index contributed by atoms with van der Waals surface area (Å²) in [6, 6.07) is 7.76. The largest absolute Gasteiger partial charge is 0.399 e. The van der Waals surface area contributed by atoms with Crippen LogP contribution in [0.2, 0.25) is 0 Å². The SMILES string of the molecule is CCC1(C)OCC(c2ccc(N)cc2)O1. The summed E-state index contributed by atoms with van der Waals surface area (Å²) in [5.41, 5.74) is 7.53. The second-order valence-electron chi connectivity index (χ2n) is 4.07. The lowest BCUT2D eigenvalue weighted by Gasteiger charge is -2.21. The molecule has 1 heterocycles. The molecule has 0 radical (unpaired) electrons. The Hall–Kier alpha value is -1.06. The van der Waals surface area contributed by atoms with Crippen LogP contribution in [-0.4, -0.2) is 12.4 Å². The summed E-state index contributed by atoms with van der Waals surface area (Å²) in [4.78, 5) is 0. The third-order valence-electron chi connectivity index (χ3n) is 2.88. The topological polar surface area (TPSA) is 44.5 Å². The van der Waals surface area contributed by atoms with Gasteiger partial charge in [-0.25, -0.2) is 0 Å². The lowest BCUT2D eigenvalue weighted by Crippen LogP contribution is -2.23. The molecule has 1 aromatic rings. The minimum Gasteiger partial charge on any atom is -0.399 e. The van der Waals surface area contributed by atoms with Crippen LogP contribution < -0.4 is 5.73 Å². The molecule has 0 aliphatic carbocycles. The van der Waals surface area contributed by atoms with Crippen LogP contribution in [0.3, 0.4) is 0 Å². The number of hydrogen-bond donors (Lipinski definition) is 1. The smallest absolute Gasteiger partial charge is 0.166 e. The number of hydrogen-bond acceptors (Lipinski definition) is 3. The van der Waals surface area contributed by atoms with E-state index in [1.165, 1.54) is 0 Å². The molecule has 3 heteroatoms. The van der Waals surface area contributed by atoms with Crippen molar-refractivity contribution in [3.05, 3.63) is 29.8 Å². The van der Waals surface area contributed by atoms with Gasteiger partial charge in [-0.05, 0) is 31.0 Å². The van der Waals surface area contributed by atoms with Gasteiger partial charge in [-0.3, -0.25) is 0 Å². The van der Waals surface area contributed by atoms with Gasteiger partial charge in [0.25, 0.3) is 0 Å². The quantitative estimate of drug-likeness (QED) is 0.758. The van der Waals surface area contributed by atoms with Crippen LogP contribution in [-0.2, 0) is 9.47 Å². The zero-order valence-corrected chi connectivity index (χ0v) is 9.19. The van der Waals surface area contributed by atoms with Crippen LogP contribution in [0.25, 0.3) is 0 Å². The summed E-state index contributed by atoms with van der Waals surface area (Å²) < 4.78 is 11.5. The first-order valence-electron chi connectivity index (χ1n) is 5.30. The van der Waals surface area contributed by atoms with E-state index < -0.39 is 5.79 Å². The molecule has 1 aromatic carbocycles. The molecular formula is C12H17NO2. The molecule has 0 aromatic heterocycles. The van der Waals surface area contributed by atoms with Crippen molar-refractivity contribution >= 4 is 5.69 Å². The van der Waals surface area contributed by atoms with Crippen molar-refractivity contribution in [3.63, 3.8) is 0 Å². The Morgan fingerprint density at radius 3 is 2.60 bits per heavy atom. The van der Waals surface area contributed by atoms with Gasteiger partial charge in [0.1, 0.15) is 6.10 Å². The number of anilines is 1. The van der Waals surface area contributed by atoms with E-state index in [0.29, 0.717) is 6.61 Å². The Kier molecular flexibility index (Phi) is 2.67. The molecule has 0 saturated carbocycles. The van der Waals surface area contributed by atoms with Crippen LogP contribution in [0, 0.1) is 0 Å². The van der Waals surface area contributed by atoms with Gasteiger partial charge in [0, 0.05) is 5.69 Å². The first-order valence-corrected chi connectivity index (χ1v) is 5.30. The summed E-state index contributed by atoms with van der Waals surface area (Å²) in [5.74, 6) is -0.425. The van der Waals surface area contributed by atoms with Gasteiger partial charge in [0.15, 0.2) is 5.79 Å². The van der Waals surface area contributed by atoms with Gasteiger partial charge in [-0.1, -0.05) is 19.1 Å². The molecule has 1 fully saturated rings. The van der Waals surface area contributed by atoms with E-state index >= 15 is 0 Å². The minimum atomic E-state index is -0.425. The highest BCUT2D eigenvalue weighted by Gasteiger charge is 2.36. The Labute approximate surface area is 90.2 Å². The maximum atomic E-state index is 5.86. The van der Waals surface area contributed by atoms with E-state index in [1.54, 1.807) is 0 Å². The van der Waals surface area contributed by atoms with Gasteiger partial charge in [-0.15, -0.1) is 0 Å². The lowest BCUT2D eigenvalue weighted by atomic mass is 10.1. The number of benzene rings is 1. The third kappa shape index (κ3) is 2.13. The van der Waals surface area contributed by atoms with E-state index in [9.17, 15) is 0 Å². The summed E-state index contributed by atoms with van der Waals surface area (Å²) in [6.45, 7) is 4.66. The second kappa shape index (κ2) is 3.83. The summed E-state index contributed by atoms with van der Waals surface area (Å²) in [7, 11) is 0. The van der Waals surface area contributed by atoms with Gasteiger partial charge < -0.3 is 15.2 Å². The van der Waals surface area contributed by atoms with Crippen LogP contribution in [0.5, 0.6) is 0 Å². The molecule has 2 rings (SSSR count). The monoisotopic (exact) mass is 207 g/mol. The van der Waals surface area contributed by atoms with Crippen molar-refractivity contribution in [3.8, 4) is 0 Å². The number of ether oxygens (including phenoxy) is 2. The molecule has 2 unspecified atom stereocenters. The molecule has 2 atom stereocenters. The Morgan fingerprint density at radius 1 is 1.40 bits per heavy atom. The van der Waals surface area contributed by atoms with Crippen LogP contribution >= 0.6 is 0 Å². The van der Waals surface area contributed by atoms with Crippen LogP contribution in [0.1, 0.15) is 31.9 Å². The first-order chi connectivity index (χ1) is 7.13. The predicted molar refractivity (Wildman–Crippen MR) is 59.3 cm³/mol. The zero-order valence-electron chi connectivity index (χ0n) is 9.19. The molecule has 0 amide bonds. The van der Waals surface area contributed by atoms with Crippen molar-refractivity contribution in [1.82, 2.24) is 0 Å². The highest BCUT2D eigenvalue weighted by Crippen LogP contribution is 2.35. The molecule has 3 nitrogen and oxygen atoms in total. The van der Waals surface area contributed by atoms with E-state index in [-0.39, 0.29) is 6.10 Å². The molecule has 2 N–H and O–H groups in total. The van der Waals surface area contributed by atoms with Gasteiger partial charge >= 0.3 is 0 Å². The number of rotatable bonds is 2. The number of nitrogens with two attached hydrogens (primary N) is 1. The summed E-state index contributed by atoms with van der Waals surface area (Å²) >= 11 is 0. The standard InChI is InChI=1S/C12H17NO2/c1-3-12(2)14-8-11(15-12)9-4-6-10(13)7-5-9/h4-7,11H,3,8,13H2,1-2H3. The van der Waals surface area contributed by atoms with Crippen molar-refractivity contribution in [2.75, 3.05) is 12.3 Å². The van der Waals surface area contributed by atoms with Gasteiger partial charge in [0.05, 0.1) is 6.61 Å². The van der Waals surface area contributed by atoms with Crippen molar-refractivity contribution in [1.29, 1.82) is 0 Å². The summed E-state index contributed by atoms with van der Waals surface area (Å²) in [5, 5.41) is 0. The first kappa shape index (κ1) is 10.5. The molecule has 1 aliphatic rings. The summed E-state index contributed by atoms with van der Waals surface area (Å²) in [6.07, 6.45) is 0.897. The Morgan fingerprint density at radius 2 is 2.07 bits per heavy atom. The maximum absolute atomic E-state index is 5.86. The van der Waals surface area contributed by atoms with E-state index in [2.05, 4.69) is 6.92 Å². The molecule has 0 bridgehead atoms. The Balaban J connectivity index is 2.11. The normalized spacial score (nSPS) is 30.7. The van der Waals surface area contributed by atoms with Gasteiger partial charge in [-0.2, -0.15) is 0 Å². The molecule has 1 saturated heterocycles. The van der Waals surface area contributed by atoms with E-state index in [1.807, 2.05) is 31.2 Å². The average Bonchev–Trinajstić information content (AvgIpc) is 2.63. The fourth-order valence-electron chi connectivity index (χ4n) is 1.68. The minimum absolute atomic E-state index is 0.0375.